The summed E-state index contributed by atoms with van der Waals surface area (Å²) in [7, 11) is 0. The van der Waals surface area contributed by atoms with E-state index in [0.717, 1.165) is 24.9 Å². The summed E-state index contributed by atoms with van der Waals surface area (Å²) in [4.78, 5) is 26.6. The monoisotopic (exact) mass is 336 g/mol. The molecule has 0 saturated carbocycles. The number of hydrogen-bond acceptors (Lipinski definition) is 2. The molecule has 4 nitrogen and oxygen atoms in total. The van der Waals surface area contributed by atoms with E-state index in [-0.39, 0.29) is 17.7 Å². The van der Waals surface area contributed by atoms with Gasteiger partial charge < -0.3 is 10.2 Å². The van der Waals surface area contributed by atoms with E-state index in [2.05, 4.69) is 5.32 Å². The molecule has 1 saturated heterocycles. The summed E-state index contributed by atoms with van der Waals surface area (Å²) >= 11 is 5.85. The lowest BCUT2D eigenvalue weighted by molar-refractivity contribution is -0.142. The van der Waals surface area contributed by atoms with Crippen LogP contribution in [0.5, 0.6) is 0 Å². The third-order valence-electron chi connectivity index (χ3n) is 4.10. The fraction of sp³-hybridized carbons (Fsp3) is 0.556. The first-order chi connectivity index (χ1) is 10.8. The van der Waals surface area contributed by atoms with Crippen molar-refractivity contribution in [1.82, 2.24) is 10.2 Å². The van der Waals surface area contributed by atoms with Crippen molar-refractivity contribution >= 4 is 23.4 Å². The zero-order valence-electron chi connectivity index (χ0n) is 14.1. The van der Waals surface area contributed by atoms with E-state index < -0.39 is 5.41 Å². The fourth-order valence-corrected chi connectivity index (χ4v) is 2.91. The second-order valence-electron chi connectivity index (χ2n) is 7.18. The molecule has 126 valence electrons. The number of amides is 2. The smallest absolute Gasteiger partial charge is 0.227 e. The maximum atomic E-state index is 12.4. The minimum atomic E-state index is -0.401. The molecule has 1 atom stereocenters. The molecule has 0 aliphatic carbocycles. The first-order valence-electron chi connectivity index (χ1n) is 8.09. The Morgan fingerprint density at radius 3 is 2.52 bits per heavy atom. The first-order valence-corrected chi connectivity index (χ1v) is 8.46. The van der Waals surface area contributed by atoms with Crippen molar-refractivity contribution in [2.24, 2.45) is 11.3 Å². The maximum Gasteiger partial charge on any atom is 0.227 e. The molecular weight excluding hydrogens is 312 g/mol. The van der Waals surface area contributed by atoms with Crippen molar-refractivity contribution in [3.05, 3.63) is 34.9 Å². The summed E-state index contributed by atoms with van der Waals surface area (Å²) < 4.78 is 0. The molecule has 0 radical (unpaired) electrons. The van der Waals surface area contributed by atoms with Gasteiger partial charge in [-0.25, -0.2) is 0 Å². The van der Waals surface area contributed by atoms with E-state index >= 15 is 0 Å². The van der Waals surface area contributed by atoms with Gasteiger partial charge in [-0.3, -0.25) is 9.59 Å². The Balaban J connectivity index is 1.89. The van der Waals surface area contributed by atoms with E-state index in [9.17, 15) is 9.59 Å². The highest BCUT2D eigenvalue weighted by Gasteiger charge is 2.33. The average Bonchev–Trinajstić information content (AvgIpc) is 2.52. The van der Waals surface area contributed by atoms with Crippen LogP contribution in [0.2, 0.25) is 5.02 Å². The van der Waals surface area contributed by atoms with E-state index in [1.54, 1.807) is 0 Å². The molecule has 1 fully saturated rings. The SMILES string of the molecule is CC(C)(C)C(=O)N1CCCC(C(=O)NCc2ccc(Cl)cc2)C1. The molecule has 0 aromatic heterocycles. The minimum absolute atomic E-state index is 0.0198. The van der Waals surface area contributed by atoms with Gasteiger partial charge in [0, 0.05) is 30.1 Å². The average molecular weight is 337 g/mol. The fourth-order valence-electron chi connectivity index (χ4n) is 2.79. The molecule has 2 rings (SSSR count). The Hall–Kier alpha value is -1.55. The van der Waals surface area contributed by atoms with Crippen LogP contribution in [0.15, 0.2) is 24.3 Å². The lowest BCUT2D eigenvalue weighted by Gasteiger charge is -2.35. The quantitative estimate of drug-likeness (QED) is 0.921. The molecule has 2 amide bonds. The molecule has 1 aliphatic heterocycles. The number of piperidine rings is 1. The summed E-state index contributed by atoms with van der Waals surface area (Å²) in [5.74, 6) is 0.0152. The molecule has 23 heavy (non-hydrogen) atoms. The van der Waals surface area contributed by atoms with Crippen molar-refractivity contribution in [3.8, 4) is 0 Å². The van der Waals surface area contributed by atoms with Gasteiger partial charge in [-0.15, -0.1) is 0 Å². The highest BCUT2D eigenvalue weighted by atomic mass is 35.5. The van der Waals surface area contributed by atoms with Crippen LogP contribution in [0.3, 0.4) is 0 Å². The zero-order valence-corrected chi connectivity index (χ0v) is 14.8. The van der Waals surface area contributed by atoms with E-state index in [0.29, 0.717) is 18.1 Å². The molecule has 1 N–H and O–H groups in total. The minimum Gasteiger partial charge on any atom is -0.352 e. The van der Waals surface area contributed by atoms with Crippen molar-refractivity contribution in [1.29, 1.82) is 0 Å². The Morgan fingerprint density at radius 2 is 1.91 bits per heavy atom. The van der Waals surface area contributed by atoms with Crippen LogP contribution in [0.4, 0.5) is 0 Å². The number of likely N-dealkylation sites (tertiary alicyclic amines) is 1. The van der Waals surface area contributed by atoms with E-state index in [1.807, 2.05) is 49.9 Å². The lowest BCUT2D eigenvalue weighted by Crippen LogP contribution is -2.48. The summed E-state index contributed by atoms with van der Waals surface area (Å²) in [6, 6.07) is 7.43. The van der Waals surface area contributed by atoms with Crippen molar-refractivity contribution in [2.45, 2.75) is 40.2 Å². The molecule has 0 spiro atoms. The second kappa shape index (κ2) is 7.35. The number of hydrogen-bond donors (Lipinski definition) is 1. The van der Waals surface area contributed by atoms with Crippen molar-refractivity contribution < 1.29 is 9.59 Å². The number of rotatable bonds is 3. The second-order valence-corrected chi connectivity index (χ2v) is 7.62. The number of benzene rings is 1. The van der Waals surface area contributed by atoms with Crippen molar-refractivity contribution in [3.63, 3.8) is 0 Å². The Morgan fingerprint density at radius 1 is 1.26 bits per heavy atom. The van der Waals surface area contributed by atoms with Gasteiger partial charge in [0.05, 0.1) is 5.92 Å². The number of nitrogens with zero attached hydrogens (tertiary/aromatic N) is 1. The molecule has 5 heteroatoms. The largest absolute Gasteiger partial charge is 0.352 e. The standard InChI is InChI=1S/C18H25ClN2O2/c1-18(2,3)17(23)21-10-4-5-14(12-21)16(22)20-11-13-6-8-15(19)9-7-13/h6-9,14H,4-5,10-12H2,1-3H3,(H,20,22). The van der Waals surface area contributed by atoms with Crippen LogP contribution in [-0.4, -0.2) is 29.8 Å². The summed E-state index contributed by atoms with van der Waals surface area (Å²) in [6.07, 6.45) is 1.71. The third kappa shape index (κ3) is 4.96. The van der Waals surface area contributed by atoms with Gasteiger partial charge in [0.25, 0.3) is 0 Å². The number of carbonyl (C=O) groups is 2. The highest BCUT2D eigenvalue weighted by Crippen LogP contribution is 2.23. The number of halogens is 1. The molecule has 1 heterocycles. The van der Waals surface area contributed by atoms with E-state index in [4.69, 9.17) is 11.6 Å². The van der Waals surface area contributed by atoms with E-state index in [1.165, 1.54) is 0 Å². The Labute approximate surface area is 143 Å². The summed E-state index contributed by atoms with van der Waals surface area (Å²) in [5, 5.41) is 3.65. The van der Waals surface area contributed by atoms with Gasteiger partial charge in [0.2, 0.25) is 11.8 Å². The normalized spacial score (nSPS) is 18.6. The van der Waals surface area contributed by atoms with Crippen LogP contribution in [0.25, 0.3) is 0 Å². The predicted molar refractivity (Wildman–Crippen MR) is 92.1 cm³/mol. The maximum absolute atomic E-state index is 12.4. The number of carbonyl (C=O) groups excluding carboxylic acids is 2. The lowest BCUT2D eigenvalue weighted by atomic mass is 9.91. The van der Waals surface area contributed by atoms with Crippen molar-refractivity contribution in [2.75, 3.05) is 13.1 Å². The van der Waals surface area contributed by atoms with Crippen LogP contribution >= 0.6 is 11.6 Å². The molecule has 1 unspecified atom stereocenters. The first kappa shape index (κ1) is 17.8. The van der Waals surface area contributed by atoms with Crippen LogP contribution in [0, 0.1) is 11.3 Å². The summed E-state index contributed by atoms with van der Waals surface area (Å²) in [5.41, 5.74) is 0.614. The topological polar surface area (TPSA) is 49.4 Å². The molecule has 0 bridgehead atoms. The Bertz CT molecular complexity index is 563. The predicted octanol–water partition coefficient (Wildman–Crippen LogP) is 3.24. The van der Waals surface area contributed by atoms with Crippen LogP contribution in [-0.2, 0) is 16.1 Å². The van der Waals surface area contributed by atoms with Gasteiger partial charge in [-0.2, -0.15) is 0 Å². The van der Waals surface area contributed by atoms with Gasteiger partial charge in [0.15, 0.2) is 0 Å². The molecule has 1 aliphatic rings. The van der Waals surface area contributed by atoms with Gasteiger partial charge in [0.1, 0.15) is 0 Å². The van der Waals surface area contributed by atoms with Gasteiger partial charge in [-0.05, 0) is 30.5 Å². The zero-order chi connectivity index (χ0) is 17.0. The van der Waals surface area contributed by atoms with Gasteiger partial charge in [-0.1, -0.05) is 44.5 Å². The van der Waals surface area contributed by atoms with Gasteiger partial charge >= 0.3 is 0 Å². The number of nitrogens with one attached hydrogen (secondary N) is 1. The highest BCUT2D eigenvalue weighted by molar-refractivity contribution is 6.30. The molecular formula is C18H25ClN2O2. The van der Waals surface area contributed by atoms with Crippen LogP contribution < -0.4 is 5.32 Å². The molecule has 1 aromatic rings. The molecule has 1 aromatic carbocycles. The van der Waals surface area contributed by atoms with Crippen LogP contribution in [0.1, 0.15) is 39.2 Å². The Kier molecular flexibility index (Phi) is 5.69. The third-order valence-corrected chi connectivity index (χ3v) is 4.35. The summed E-state index contributed by atoms with van der Waals surface area (Å²) in [6.45, 7) is 7.50.